The summed E-state index contributed by atoms with van der Waals surface area (Å²) < 4.78 is 64.2. The van der Waals surface area contributed by atoms with Crippen molar-refractivity contribution in [2.75, 3.05) is 11.5 Å². The Morgan fingerprint density at radius 2 is 1.00 bits per heavy atom. The molecule has 0 heterocycles. The van der Waals surface area contributed by atoms with Gasteiger partial charge in [-0.05, 0) is 49.2 Å². The molecule has 0 aliphatic heterocycles. The number of rotatable bonds is 2. The molecule has 0 saturated carbocycles. The Morgan fingerprint density at radius 1 is 0.741 bits per heavy atom. The number of hydrogen-bond acceptors (Lipinski definition) is 8. The number of nitrogen functional groups attached to an aromatic ring is 2. The molecule has 13 heteroatoms. The number of aryl methyl sites for hydroxylation is 2. The maximum atomic E-state index is 10.7. The van der Waals surface area contributed by atoms with Crippen molar-refractivity contribution in [1.82, 2.24) is 0 Å². The zero-order valence-electron chi connectivity index (χ0n) is 14.2. The van der Waals surface area contributed by atoms with E-state index in [9.17, 15) is 25.9 Å². The summed E-state index contributed by atoms with van der Waals surface area (Å²) in [6.45, 7) is 2.93. The number of halogens is 2. The van der Waals surface area contributed by atoms with Crippen LogP contribution in [0.1, 0.15) is 11.1 Å². The average molecular weight is 481 g/mol. The molecular weight excluding hydrogens is 467 g/mol. The third kappa shape index (κ3) is 7.56. The van der Waals surface area contributed by atoms with Crippen LogP contribution in [0.4, 0.5) is 11.4 Å². The average Bonchev–Trinajstić information content (AvgIpc) is 2.32. The van der Waals surface area contributed by atoms with Gasteiger partial charge in [0.1, 0.15) is 20.2 Å². The second kappa shape index (κ2) is 9.95. The van der Waals surface area contributed by atoms with Gasteiger partial charge in [0.25, 0.3) is 0 Å². The van der Waals surface area contributed by atoms with Crippen molar-refractivity contribution in [3.05, 3.63) is 45.4 Å². The van der Waals surface area contributed by atoms with E-state index in [4.69, 9.17) is 34.7 Å². The van der Waals surface area contributed by atoms with E-state index in [1.54, 1.807) is 0 Å². The predicted octanol–water partition coefficient (Wildman–Crippen LogP) is 1.89. The summed E-state index contributed by atoms with van der Waals surface area (Å²) in [6, 6.07) is 5.23. The van der Waals surface area contributed by atoms with Gasteiger partial charge in [-0.3, -0.25) is 0 Å². The molecule has 27 heavy (non-hydrogen) atoms. The van der Waals surface area contributed by atoms with Gasteiger partial charge in [-0.25, -0.2) is 16.8 Å². The van der Waals surface area contributed by atoms with E-state index in [0.29, 0.717) is 10.0 Å². The van der Waals surface area contributed by atoms with Gasteiger partial charge in [-0.1, -0.05) is 23.2 Å². The minimum atomic E-state index is -4.51. The van der Waals surface area contributed by atoms with Crippen LogP contribution in [0.25, 0.3) is 0 Å². The third-order valence-electron chi connectivity index (χ3n) is 3.04. The summed E-state index contributed by atoms with van der Waals surface area (Å²) in [5.74, 6) is 0. The van der Waals surface area contributed by atoms with Gasteiger partial charge in [-0.2, -0.15) is 0 Å². The quantitative estimate of drug-likeness (QED) is 0.373. The topological polar surface area (TPSA) is 166 Å². The van der Waals surface area contributed by atoms with E-state index in [1.807, 2.05) is 0 Å². The fourth-order valence-corrected chi connectivity index (χ4v) is 4.36. The molecule has 0 unspecified atom stereocenters. The molecule has 0 atom stereocenters. The molecule has 144 valence electrons. The molecule has 0 aromatic heterocycles. The van der Waals surface area contributed by atoms with Crippen molar-refractivity contribution in [3.8, 4) is 0 Å². The van der Waals surface area contributed by atoms with Crippen LogP contribution < -0.4 is 11.5 Å². The molecule has 0 fully saturated rings. The van der Waals surface area contributed by atoms with Crippen LogP contribution in [0.5, 0.6) is 0 Å². The first-order chi connectivity index (χ1) is 11.6. The molecule has 8 nitrogen and oxygen atoms in total. The van der Waals surface area contributed by atoms with Gasteiger partial charge < -0.3 is 20.6 Å². The predicted molar refractivity (Wildman–Crippen MR) is 103 cm³/mol. The second-order valence-electron chi connectivity index (χ2n) is 5.19. The summed E-state index contributed by atoms with van der Waals surface area (Å²) in [5, 5.41) is 0.616. The molecule has 0 spiro atoms. The monoisotopic (exact) mass is 480 g/mol. The van der Waals surface area contributed by atoms with Crippen molar-refractivity contribution in [2.24, 2.45) is 0 Å². The van der Waals surface area contributed by atoms with E-state index < -0.39 is 30.0 Å². The van der Waals surface area contributed by atoms with Crippen molar-refractivity contribution < 1.29 is 25.9 Å². The van der Waals surface area contributed by atoms with Crippen LogP contribution in [0.3, 0.4) is 0 Å². The van der Waals surface area contributed by atoms with Crippen molar-refractivity contribution >= 4 is 92.6 Å². The Balaban J connectivity index is 0.000000483. The van der Waals surface area contributed by atoms with Crippen LogP contribution >= 0.6 is 23.2 Å². The first-order valence-corrected chi connectivity index (χ1v) is 10.2. The molecule has 0 amide bonds. The largest absolute Gasteiger partial charge is 2.00 e. The SMILES string of the molecule is Cc1cc(Cl)cc(N)c1S(=O)(=O)[O-].Cc1cc(Cl)cc(N)c1S(=O)(=O)[O-].[Ca+2]. The first kappa shape index (κ1) is 26.7. The molecule has 2 aromatic carbocycles. The van der Waals surface area contributed by atoms with E-state index in [0.717, 1.165) is 0 Å². The zero-order valence-corrected chi connectivity index (χ0v) is 19.5. The van der Waals surface area contributed by atoms with Gasteiger partial charge in [0.15, 0.2) is 0 Å². The summed E-state index contributed by atoms with van der Waals surface area (Å²) in [7, 11) is -9.03. The summed E-state index contributed by atoms with van der Waals surface area (Å²) in [4.78, 5) is -0.784. The third-order valence-corrected chi connectivity index (χ3v) is 5.59. The minimum absolute atomic E-state index is 0. The zero-order chi connectivity index (χ0) is 20.4. The molecule has 0 radical (unpaired) electrons. The van der Waals surface area contributed by atoms with E-state index in [2.05, 4.69) is 0 Å². The summed E-state index contributed by atoms with van der Waals surface area (Å²) in [5.41, 5.74) is 11.0. The van der Waals surface area contributed by atoms with Crippen LogP contribution in [0.2, 0.25) is 10.0 Å². The van der Waals surface area contributed by atoms with Gasteiger partial charge >= 0.3 is 37.7 Å². The molecule has 0 aliphatic rings. The minimum Gasteiger partial charge on any atom is -0.744 e. The number of benzene rings is 2. The molecule has 0 bridgehead atoms. The standard InChI is InChI=1S/2C7H8ClNO3S.Ca/c2*1-4-2-5(8)3-6(9)7(4)13(10,11)12;/h2*2-3H,9H2,1H3,(H,10,11,12);/q;;+2/p-2. The molecule has 0 saturated heterocycles. The van der Waals surface area contributed by atoms with Crippen LogP contribution in [0, 0.1) is 13.8 Å². The molecule has 0 aliphatic carbocycles. The fourth-order valence-electron chi connectivity index (χ4n) is 2.19. The first-order valence-electron chi connectivity index (χ1n) is 6.67. The van der Waals surface area contributed by atoms with Gasteiger partial charge in [-0.15, -0.1) is 0 Å². The molecule has 2 rings (SSSR count). The second-order valence-corrected chi connectivity index (χ2v) is 8.70. The number of hydrogen-bond donors (Lipinski definition) is 2. The molecule has 2 aromatic rings. The Morgan fingerprint density at radius 3 is 1.19 bits per heavy atom. The summed E-state index contributed by atoms with van der Waals surface area (Å²) >= 11 is 11.2. The Bertz CT molecular complexity index is 928. The van der Waals surface area contributed by atoms with Crippen LogP contribution in [0.15, 0.2) is 34.1 Å². The molecule has 4 N–H and O–H groups in total. The number of nitrogens with two attached hydrogens (primary N) is 2. The maximum Gasteiger partial charge on any atom is 2.00 e. The Labute approximate surface area is 197 Å². The van der Waals surface area contributed by atoms with Gasteiger partial charge in [0, 0.05) is 10.0 Å². The van der Waals surface area contributed by atoms with Gasteiger partial charge in [0.05, 0.1) is 21.2 Å². The van der Waals surface area contributed by atoms with Crippen LogP contribution in [-0.4, -0.2) is 63.7 Å². The van der Waals surface area contributed by atoms with E-state index in [1.165, 1.54) is 38.1 Å². The fraction of sp³-hybridized carbons (Fsp3) is 0.143. The van der Waals surface area contributed by atoms with Crippen molar-refractivity contribution in [2.45, 2.75) is 23.6 Å². The van der Waals surface area contributed by atoms with Crippen LogP contribution in [-0.2, 0) is 20.2 Å². The Kier molecular flexibility index (Phi) is 9.84. The van der Waals surface area contributed by atoms with Crippen molar-refractivity contribution in [3.63, 3.8) is 0 Å². The van der Waals surface area contributed by atoms with E-state index >= 15 is 0 Å². The smallest absolute Gasteiger partial charge is 0.744 e. The molecular formula is C14H14CaCl2N2O6S2. The summed E-state index contributed by atoms with van der Waals surface area (Å²) in [6.07, 6.45) is 0. The normalized spacial score (nSPS) is 11.2. The van der Waals surface area contributed by atoms with Gasteiger partial charge in [0.2, 0.25) is 0 Å². The maximum absolute atomic E-state index is 10.7. The number of anilines is 2. The van der Waals surface area contributed by atoms with Crippen molar-refractivity contribution in [1.29, 1.82) is 0 Å². The Hall–Kier alpha value is -0.300. The van der Waals surface area contributed by atoms with E-state index in [-0.39, 0.29) is 60.2 Å².